The molecule has 86 valence electrons. The molecule has 5 nitrogen and oxygen atoms in total. The molecular formula is C11H13NO4. The van der Waals surface area contributed by atoms with E-state index in [0.717, 1.165) is 0 Å². The van der Waals surface area contributed by atoms with Crippen LogP contribution in [0.5, 0.6) is 5.75 Å². The third kappa shape index (κ3) is 2.98. The van der Waals surface area contributed by atoms with Gasteiger partial charge in [0.15, 0.2) is 6.10 Å². The summed E-state index contributed by atoms with van der Waals surface area (Å²) in [4.78, 5) is 21.9. The zero-order valence-electron chi connectivity index (χ0n) is 9.10. The Morgan fingerprint density at radius 3 is 2.25 bits per heavy atom. The lowest BCUT2D eigenvalue weighted by Crippen LogP contribution is -2.30. The molecule has 0 saturated carbocycles. The molecular weight excluding hydrogens is 210 g/mol. The second-order valence-electron chi connectivity index (χ2n) is 3.18. The van der Waals surface area contributed by atoms with E-state index in [-0.39, 0.29) is 0 Å². The van der Waals surface area contributed by atoms with E-state index >= 15 is 0 Å². The molecule has 0 fully saturated rings. The highest BCUT2D eigenvalue weighted by Crippen LogP contribution is 2.14. The zero-order chi connectivity index (χ0) is 12.1. The number of nitrogens with two attached hydrogens (primary N) is 1. The van der Waals surface area contributed by atoms with Crippen molar-refractivity contribution in [1.82, 2.24) is 0 Å². The summed E-state index contributed by atoms with van der Waals surface area (Å²) in [5.74, 6) is -0.495. The van der Waals surface area contributed by atoms with Crippen LogP contribution < -0.4 is 10.5 Å². The Bertz CT molecular complexity index is 385. The van der Waals surface area contributed by atoms with Gasteiger partial charge >= 0.3 is 5.97 Å². The van der Waals surface area contributed by atoms with Gasteiger partial charge in [0.2, 0.25) is 0 Å². The largest absolute Gasteiger partial charge is 0.481 e. The number of methoxy groups -OCH3 is 1. The van der Waals surface area contributed by atoms with Crippen LogP contribution in [0.1, 0.15) is 17.3 Å². The first-order valence-corrected chi connectivity index (χ1v) is 4.69. The summed E-state index contributed by atoms with van der Waals surface area (Å²) in [5, 5.41) is 0. The number of primary amides is 1. The SMILES string of the molecule is COC(=O)c1ccc(O[C@H](C)C(N)=O)cc1. The third-order valence-corrected chi connectivity index (χ3v) is 1.99. The molecule has 1 aromatic carbocycles. The minimum Gasteiger partial charge on any atom is -0.481 e. The maximum absolute atomic E-state index is 11.1. The van der Waals surface area contributed by atoms with E-state index in [1.54, 1.807) is 31.2 Å². The Kier molecular flexibility index (Phi) is 3.88. The van der Waals surface area contributed by atoms with Gasteiger partial charge in [-0.05, 0) is 31.2 Å². The minimum absolute atomic E-state index is 0.418. The molecule has 0 aliphatic carbocycles. The molecule has 1 aromatic rings. The molecule has 0 heterocycles. The Balaban J connectivity index is 2.72. The van der Waals surface area contributed by atoms with Gasteiger partial charge in [-0.25, -0.2) is 4.79 Å². The second-order valence-corrected chi connectivity index (χ2v) is 3.18. The first kappa shape index (κ1) is 12.0. The van der Waals surface area contributed by atoms with E-state index in [1.807, 2.05) is 0 Å². The summed E-state index contributed by atoms with van der Waals surface area (Å²) in [5.41, 5.74) is 5.46. The number of rotatable bonds is 4. The summed E-state index contributed by atoms with van der Waals surface area (Å²) in [6, 6.07) is 6.25. The Morgan fingerprint density at radius 2 is 1.81 bits per heavy atom. The van der Waals surface area contributed by atoms with E-state index in [4.69, 9.17) is 10.5 Å². The standard InChI is InChI=1S/C11H13NO4/c1-7(10(12)13)16-9-5-3-8(4-6-9)11(14)15-2/h3-7H,1-2H3,(H2,12,13)/t7-/m1/s1. The van der Waals surface area contributed by atoms with Crippen molar-refractivity contribution in [2.75, 3.05) is 7.11 Å². The van der Waals surface area contributed by atoms with E-state index in [9.17, 15) is 9.59 Å². The van der Waals surface area contributed by atoms with Crippen molar-refractivity contribution in [3.05, 3.63) is 29.8 Å². The van der Waals surface area contributed by atoms with Crippen LogP contribution in [0.3, 0.4) is 0 Å². The lowest BCUT2D eigenvalue weighted by Gasteiger charge is -2.11. The first-order chi connectivity index (χ1) is 7.54. The molecule has 0 aromatic heterocycles. The van der Waals surface area contributed by atoms with Gasteiger partial charge in [0.05, 0.1) is 12.7 Å². The third-order valence-electron chi connectivity index (χ3n) is 1.99. The van der Waals surface area contributed by atoms with Crippen molar-refractivity contribution < 1.29 is 19.1 Å². The lowest BCUT2D eigenvalue weighted by atomic mass is 10.2. The summed E-state index contributed by atoms with van der Waals surface area (Å²) in [7, 11) is 1.31. The number of carbonyl (C=O) groups excluding carboxylic acids is 2. The molecule has 1 amide bonds. The van der Waals surface area contributed by atoms with Gasteiger partial charge in [-0.15, -0.1) is 0 Å². The van der Waals surface area contributed by atoms with Crippen LogP contribution >= 0.6 is 0 Å². The van der Waals surface area contributed by atoms with Crippen molar-refractivity contribution in [1.29, 1.82) is 0 Å². The molecule has 0 spiro atoms. The molecule has 0 saturated heterocycles. The van der Waals surface area contributed by atoms with Gasteiger partial charge in [0.25, 0.3) is 5.91 Å². The average Bonchev–Trinajstić information content (AvgIpc) is 2.28. The van der Waals surface area contributed by atoms with Crippen LogP contribution in [-0.4, -0.2) is 25.1 Å². The highest BCUT2D eigenvalue weighted by Gasteiger charge is 2.10. The van der Waals surface area contributed by atoms with Gasteiger partial charge in [-0.1, -0.05) is 0 Å². The van der Waals surface area contributed by atoms with Crippen LogP contribution in [0, 0.1) is 0 Å². The van der Waals surface area contributed by atoms with Crippen molar-refractivity contribution in [3.63, 3.8) is 0 Å². The fraction of sp³-hybridized carbons (Fsp3) is 0.273. The molecule has 0 bridgehead atoms. The number of hydrogen-bond acceptors (Lipinski definition) is 4. The van der Waals surface area contributed by atoms with Crippen LogP contribution in [0.2, 0.25) is 0 Å². The summed E-state index contributed by atoms with van der Waals surface area (Å²) in [6.07, 6.45) is -0.705. The Hall–Kier alpha value is -2.04. The predicted molar refractivity (Wildman–Crippen MR) is 57.1 cm³/mol. The number of esters is 1. The molecule has 16 heavy (non-hydrogen) atoms. The van der Waals surface area contributed by atoms with Gasteiger partial charge in [-0.3, -0.25) is 4.79 Å². The van der Waals surface area contributed by atoms with E-state index in [0.29, 0.717) is 11.3 Å². The number of ether oxygens (including phenoxy) is 2. The topological polar surface area (TPSA) is 78.6 Å². The monoisotopic (exact) mass is 223 g/mol. The fourth-order valence-electron chi connectivity index (χ4n) is 1.05. The van der Waals surface area contributed by atoms with E-state index in [1.165, 1.54) is 7.11 Å². The molecule has 0 aliphatic rings. The summed E-state index contributed by atoms with van der Waals surface area (Å²) in [6.45, 7) is 1.55. The number of benzene rings is 1. The van der Waals surface area contributed by atoms with Crippen molar-refractivity contribution >= 4 is 11.9 Å². The first-order valence-electron chi connectivity index (χ1n) is 4.69. The van der Waals surface area contributed by atoms with Crippen LogP contribution in [0.25, 0.3) is 0 Å². The van der Waals surface area contributed by atoms with Crippen LogP contribution in [-0.2, 0) is 9.53 Å². The maximum Gasteiger partial charge on any atom is 0.337 e. The highest BCUT2D eigenvalue weighted by atomic mass is 16.5. The van der Waals surface area contributed by atoms with E-state index < -0.39 is 18.0 Å². The van der Waals surface area contributed by atoms with Crippen molar-refractivity contribution in [2.45, 2.75) is 13.0 Å². The molecule has 1 rings (SSSR count). The van der Waals surface area contributed by atoms with Gasteiger partial charge in [-0.2, -0.15) is 0 Å². The molecule has 5 heteroatoms. The predicted octanol–water partition coefficient (Wildman–Crippen LogP) is 0.726. The van der Waals surface area contributed by atoms with Crippen LogP contribution in [0.4, 0.5) is 0 Å². The van der Waals surface area contributed by atoms with Crippen molar-refractivity contribution in [2.24, 2.45) is 5.73 Å². The lowest BCUT2D eigenvalue weighted by molar-refractivity contribution is -0.123. The van der Waals surface area contributed by atoms with Gasteiger partial charge in [0, 0.05) is 0 Å². The average molecular weight is 223 g/mol. The summed E-state index contributed by atoms with van der Waals surface area (Å²) < 4.78 is 9.76. The molecule has 1 atom stereocenters. The Labute approximate surface area is 93.1 Å². The summed E-state index contributed by atoms with van der Waals surface area (Å²) >= 11 is 0. The number of amides is 1. The number of carbonyl (C=O) groups is 2. The van der Waals surface area contributed by atoms with Crippen LogP contribution in [0.15, 0.2) is 24.3 Å². The fourth-order valence-corrected chi connectivity index (χ4v) is 1.05. The molecule has 0 unspecified atom stereocenters. The van der Waals surface area contributed by atoms with Crippen molar-refractivity contribution in [3.8, 4) is 5.75 Å². The molecule has 0 radical (unpaired) electrons. The smallest absolute Gasteiger partial charge is 0.337 e. The second kappa shape index (κ2) is 5.16. The molecule has 2 N–H and O–H groups in total. The van der Waals surface area contributed by atoms with E-state index in [2.05, 4.69) is 4.74 Å². The van der Waals surface area contributed by atoms with Gasteiger partial charge in [0.1, 0.15) is 5.75 Å². The zero-order valence-corrected chi connectivity index (χ0v) is 9.10. The quantitative estimate of drug-likeness (QED) is 0.763. The Morgan fingerprint density at radius 1 is 1.25 bits per heavy atom. The minimum atomic E-state index is -0.705. The normalized spacial score (nSPS) is 11.6. The molecule has 0 aliphatic heterocycles. The highest BCUT2D eigenvalue weighted by molar-refractivity contribution is 5.89. The van der Waals surface area contributed by atoms with Gasteiger partial charge < -0.3 is 15.2 Å². The number of hydrogen-bond donors (Lipinski definition) is 1. The maximum atomic E-state index is 11.1.